The molecule has 4 heteroatoms. The van der Waals surface area contributed by atoms with Gasteiger partial charge in [0.2, 0.25) is 0 Å². The minimum absolute atomic E-state index is 0. The molecule has 132 valence electrons. The smallest absolute Gasteiger partial charge is 0.327 e. The van der Waals surface area contributed by atoms with E-state index in [0.717, 1.165) is 18.3 Å². The predicted octanol–water partition coefficient (Wildman–Crippen LogP) is 1.56. The largest absolute Gasteiger partial charge is 1.00 e. The molecular formula is C23H18IN3. The number of halogens is 1. The fraction of sp³-hybridized carbons (Fsp3) is 0.0435. The molecule has 3 aromatic rings. The topological polar surface area (TPSA) is 19.5 Å². The number of fused-ring (bicyclic) bond motifs is 2. The van der Waals surface area contributed by atoms with Crippen molar-refractivity contribution in [2.24, 2.45) is 4.99 Å². The first kappa shape index (κ1) is 17.7. The molecule has 2 aliphatic heterocycles. The first-order chi connectivity index (χ1) is 12.9. The van der Waals surface area contributed by atoms with Crippen LogP contribution in [0.3, 0.4) is 0 Å². The van der Waals surface area contributed by atoms with Gasteiger partial charge in [0.15, 0.2) is 6.67 Å². The van der Waals surface area contributed by atoms with E-state index in [2.05, 4.69) is 94.7 Å². The van der Waals surface area contributed by atoms with Crippen molar-refractivity contribution in [1.29, 1.82) is 0 Å². The Kier molecular flexibility index (Phi) is 4.90. The van der Waals surface area contributed by atoms with Crippen molar-refractivity contribution in [2.45, 2.75) is 6.67 Å². The molecule has 0 saturated carbocycles. The van der Waals surface area contributed by atoms with Crippen molar-refractivity contribution >= 4 is 17.2 Å². The standard InChI is InChI=1S/C23H18N3.HI/c1-3-7-18(8-4-1)20-11-13-22-24-23-14-12-21(19-9-5-2-6-10-19)16-26(23)17-25(22)15-20;/h1-16H,17H2;1H/q+1;/p-1. The molecule has 0 bridgehead atoms. The van der Waals surface area contributed by atoms with Crippen molar-refractivity contribution in [3.8, 4) is 11.1 Å². The van der Waals surface area contributed by atoms with Crippen LogP contribution >= 0.6 is 0 Å². The van der Waals surface area contributed by atoms with Crippen molar-refractivity contribution in [3.05, 3.63) is 103 Å². The van der Waals surface area contributed by atoms with Gasteiger partial charge < -0.3 is 24.0 Å². The molecule has 3 heterocycles. The summed E-state index contributed by atoms with van der Waals surface area (Å²) in [4.78, 5) is 7.00. The summed E-state index contributed by atoms with van der Waals surface area (Å²) < 4.78 is 2.20. The van der Waals surface area contributed by atoms with Crippen LogP contribution in [0, 0.1) is 0 Å². The number of amidine groups is 1. The number of hydrogen-bond acceptors (Lipinski definition) is 2. The van der Waals surface area contributed by atoms with E-state index in [4.69, 9.17) is 4.99 Å². The van der Waals surface area contributed by atoms with Gasteiger partial charge in [-0.2, -0.15) is 0 Å². The van der Waals surface area contributed by atoms with Crippen LogP contribution in [0.15, 0.2) is 102 Å². The van der Waals surface area contributed by atoms with E-state index in [9.17, 15) is 0 Å². The monoisotopic (exact) mass is 463 g/mol. The Hall–Kier alpha value is -2.73. The number of pyridine rings is 1. The first-order valence-corrected chi connectivity index (χ1v) is 8.76. The average Bonchev–Trinajstić information content (AvgIpc) is 2.73. The average molecular weight is 463 g/mol. The minimum Gasteiger partial charge on any atom is -1.00 e. The van der Waals surface area contributed by atoms with Gasteiger partial charge in [-0.15, -0.1) is 0 Å². The summed E-state index contributed by atoms with van der Waals surface area (Å²) in [5.41, 5.74) is 4.84. The van der Waals surface area contributed by atoms with E-state index in [-0.39, 0.29) is 24.0 Å². The molecule has 1 aromatic heterocycles. The molecule has 0 amide bonds. The second kappa shape index (κ2) is 7.48. The lowest BCUT2D eigenvalue weighted by Gasteiger charge is -2.24. The molecule has 2 aromatic carbocycles. The maximum absolute atomic E-state index is 4.80. The highest BCUT2D eigenvalue weighted by atomic mass is 127. The maximum Gasteiger partial charge on any atom is 0.327 e. The Balaban J connectivity index is 0.00000180. The molecular weight excluding hydrogens is 445 g/mol. The molecule has 0 fully saturated rings. The van der Waals surface area contributed by atoms with Crippen molar-refractivity contribution in [3.63, 3.8) is 0 Å². The van der Waals surface area contributed by atoms with Gasteiger partial charge in [-0.3, -0.25) is 4.90 Å². The summed E-state index contributed by atoms with van der Waals surface area (Å²) in [6.07, 6.45) is 8.59. The Morgan fingerprint density at radius 1 is 0.741 bits per heavy atom. The molecule has 0 spiro atoms. The van der Waals surface area contributed by atoms with Gasteiger partial charge in [-0.25, -0.2) is 4.57 Å². The third-order valence-corrected chi connectivity index (χ3v) is 4.75. The van der Waals surface area contributed by atoms with Gasteiger partial charge in [0, 0.05) is 23.9 Å². The molecule has 0 N–H and O–H groups in total. The summed E-state index contributed by atoms with van der Waals surface area (Å²) >= 11 is 0. The van der Waals surface area contributed by atoms with Gasteiger partial charge in [0.1, 0.15) is 6.20 Å². The van der Waals surface area contributed by atoms with Crippen LogP contribution in [0.4, 0.5) is 5.82 Å². The zero-order valence-corrected chi connectivity index (χ0v) is 16.8. The van der Waals surface area contributed by atoms with Crippen LogP contribution in [0.2, 0.25) is 0 Å². The van der Waals surface area contributed by atoms with Crippen molar-refractivity contribution in [1.82, 2.24) is 4.90 Å². The highest BCUT2D eigenvalue weighted by Gasteiger charge is 2.27. The van der Waals surface area contributed by atoms with Crippen molar-refractivity contribution < 1.29 is 28.5 Å². The number of aliphatic imine (C=N–C) groups is 1. The highest BCUT2D eigenvalue weighted by molar-refractivity contribution is 6.00. The lowest BCUT2D eigenvalue weighted by atomic mass is 10.0. The maximum atomic E-state index is 4.80. The number of nitrogens with zero attached hydrogens (tertiary/aromatic N) is 3. The number of benzene rings is 2. The molecule has 0 saturated heterocycles. The number of aromatic nitrogens is 1. The van der Waals surface area contributed by atoms with Crippen LogP contribution in [0.5, 0.6) is 0 Å². The first-order valence-electron chi connectivity index (χ1n) is 8.76. The fourth-order valence-electron chi connectivity index (χ4n) is 3.39. The van der Waals surface area contributed by atoms with E-state index < -0.39 is 0 Å². The number of rotatable bonds is 2. The molecule has 0 radical (unpaired) electrons. The number of hydrogen-bond donors (Lipinski definition) is 0. The number of allylic oxidation sites excluding steroid dienone is 2. The summed E-state index contributed by atoms with van der Waals surface area (Å²) in [5, 5.41) is 0. The SMILES string of the molecule is C1=CC2=Nc3ccc(-c4ccccc4)c[n+]3CN2C=C1c1ccccc1.[I-]. The van der Waals surface area contributed by atoms with Crippen LogP contribution < -0.4 is 28.5 Å². The predicted molar refractivity (Wildman–Crippen MR) is 105 cm³/mol. The van der Waals surface area contributed by atoms with E-state index in [1.54, 1.807) is 0 Å². The molecule has 5 rings (SSSR count). The Labute approximate surface area is 176 Å². The van der Waals surface area contributed by atoms with Gasteiger partial charge in [0.25, 0.3) is 5.84 Å². The molecule has 3 nitrogen and oxygen atoms in total. The van der Waals surface area contributed by atoms with Crippen LogP contribution in [0.1, 0.15) is 5.56 Å². The molecule has 27 heavy (non-hydrogen) atoms. The lowest BCUT2D eigenvalue weighted by Crippen LogP contribution is -3.00. The summed E-state index contributed by atoms with van der Waals surface area (Å²) in [6.45, 7) is 0.759. The zero-order valence-electron chi connectivity index (χ0n) is 14.7. The second-order valence-corrected chi connectivity index (χ2v) is 6.48. The lowest BCUT2D eigenvalue weighted by molar-refractivity contribution is -0.699. The zero-order chi connectivity index (χ0) is 17.3. The van der Waals surface area contributed by atoms with Crippen LogP contribution in [-0.2, 0) is 6.67 Å². The molecule has 0 aliphatic carbocycles. The minimum atomic E-state index is 0. The van der Waals surface area contributed by atoms with Crippen LogP contribution in [-0.4, -0.2) is 10.7 Å². The van der Waals surface area contributed by atoms with E-state index in [1.165, 1.54) is 22.3 Å². The Morgan fingerprint density at radius 3 is 2.19 bits per heavy atom. The quantitative estimate of drug-likeness (QED) is 0.417. The van der Waals surface area contributed by atoms with Crippen molar-refractivity contribution in [2.75, 3.05) is 0 Å². The van der Waals surface area contributed by atoms with Crippen LogP contribution in [0.25, 0.3) is 16.7 Å². The van der Waals surface area contributed by atoms with Gasteiger partial charge in [-0.05, 0) is 33.8 Å². The van der Waals surface area contributed by atoms with E-state index >= 15 is 0 Å². The Bertz CT molecular complexity index is 1050. The van der Waals surface area contributed by atoms with Gasteiger partial charge >= 0.3 is 5.82 Å². The summed E-state index contributed by atoms with van der Waals surface area (Å²) in [6, 6.07) is 25.1. The molecule has 2 aliphatic rings. The van der Waals surface area contributed by atoms with E-state index in [1.807, 2.05) is 12.1 Å². The van der Waals surface area contributed by atoms with E-state index in [0.29, 0.717) is 0 Å². The normalized spacial score (nSPS) is 14.4. The highest BCUT2D eigenvalue weighted by Crippen LogP contribution is 2.25. The summed E-state index contributed by atoms with van der Waals surface area (Å²) in [5.74, 6) is 1.97. The third-order valence-electron chi connectivity index (χ3n) is 4.75. The Morgan fingerprint density at radius 2 is 1.44 bits per heavy atom. The van der Waals surface area contributed by atoms with Gasteiger partial charge in [-0.1, -0.05) is 60.7 Å². The molecule has 0 atom stereocenters. The molecule has 0 unspecified atom stereocenters. The summed E-state index contributed by atoms with van der Waals surface area (Å²) in [7, 11) is 0. The second-order valence-electron chi connectivity index (χ2n) is 6.48. The third kappa shape index (κ3) is 3.45. The van der Waals surface area contributed by atoms with Gasteiger partial charge in [0.05, 0.1) is 0 Å². The fourth-order valence-corrected chi connectivity index (χ4v) is 3.39.